The molecule has 49 heavy (non-hydrogen) atoms. The van der Waals surface area contributed by atoms with Crippen molar-refractivity contribution in [3.63, 3.8) is 0 Å². The summed E-state index contributed by atoms with van der Waals surface area (Å²) in [6.07, 6.45) is 2.59. The molecular weight excluding hydrogens is 643 g/mol. The Morgan fingerprint density at radius 2 is 1.80 bits per heavy atom. The quantitative estimate of drug-likeness (QED) is 0.238. The Morgan fingerprint density at radius 1 is 1.10 bits per heavy atom. The van der Waals surface area contributed by atoms with E-state index < -0.39 is 17.6 Å². The Labute approximate surface area is 293 Å². The predicted octanol–water partition coefficient (Wildman–Crippen LogP) is 7.13. The monoisotopic (exact) mass is 693 g/mol. The average molecular weight is 694 g/mol. The van der Waals surface area contributed by atoms with Gasteiger partial charge in [0, 0.05) is 31.1 Å². The molecule has 5 rings (SSSR count). The largest absolute Gasteiger partial charge is 0.475 e. The van der Waals surface area contributed by atoms with Gasteiger partial charge in [-0.3, -0.25) is 9.59 Å². The van der Waals surface area contributed by atoms with Crippen molar-refractivity contribution in [2.45, 2.75) is 105 Å². The number of nitrogens with one attached hydrogen (secondary N) is 1. The van der Waals surface area contributed by atoms with E-state index in [0.717, 1.165) is 41.0 Å². The van der Waals surface area contributed by atoms with Crippen molar-refractivity contribution >= 4 is 29.2 Å². The van der Waals surface area contributed by atoms with Crippen LogP contribution in [0.5, 0.6) is 5.88 Å². The van der Waals surface area contributed by atoms with E-state index in [1.165, 1.54) is 0 Å². The summed E-state index contributed by atoms with van der Waals surface area (Å²) >= 11 is 1.61. The average Bonchev–Trinajstić information content (AvgIpc) is 3.81. The first-order valence-corrected chi connectivity index (χ1v) is 18.2. The normalized spacial score (nSPS) is 19.1. The van der Waals surface area contributed by atoms with Gasteiger partial charge < -0.3 is 29.1 Å². The minimum Gasteiger partial charge on any atom is -0.475 e. The third kappa shape index (κ3) is 8.81. The summed E-state index contributed by atoms with van der Waals surface area (Å²) in [6.45, 7) is 17.7. The van der Waals surface area contributed by atoms with E-state index in [4.69, 9.17) is 14.0 Å². The Morgan fingerprint density at radius 3 is 2.41 bits per heavy atom. The lowest BCUT2D eigenvalue weighted by Gasteiger charge is -2.39. The number of benzene rings is 1. The molecule has 11 nitrogen and oxygen atoms in total. The second kappa shape index (κ2) is 14.9. The Bertz CT molecular complexity index is 1600. The van der Waals surface area contributed by atoms with Crippen LogP contribution in [0.2, 0.25) is 0 Å². The molecule has 2 aliphatic rings. The summed E-state index contributed by atoms with van der Waals surface area (Å²) in [5.41, 5.74) is 4.26. The lowest BCUT2D eigenvalue weighted by atomic mass is 9.81. The highest BCUT2D eigenvalue weighted by molar-refractivity contribution is 7.13. The molecule has 0 radical (unpaired) electrons. The van der Waals surface area contributed by atoms with Crippen LogP contribution in [0.15, 0.2) is 40.4 Å². The molecule has 266 valence electrons. The van der Waals surface area contributed by atoms with Gasteiger partial charge in [0.2, 0.25) is 11.8 Å². The number of piperidine rings is 1. The van der Waals surface area contributed by atoms with Crippen LogP contribution in [-0.4, -0.2) is 75.7 Å². The van der Waals surface area contributed by atoms with Crippen molar-refractivity contribution in [3.05, 3.63) is 52.9 Å². The van der Waals surface area contributed by atoms with Gasteiger partial charge in [-0.15, -0.1) is 11.3 Å². The molecule has 4 heterocycles. The predicted molar refractivity (Wildman–Crippen MR) is 188 cm³/mol. The number of likely N-dealkylation sites (tertiary alicyclic amines) is 2. The lowest BCUT2D eigenvalue weighted by molar-refractivity contribution is -0.141. The Kier molecular flexibility index (Phi) is 11.1. The first kappa shape index (κ1) is 36.4. The van der Waals surface area contributed by atoms with Gasteiger partial charge in [-0.2, -0.15) is 0 Å². The number of aromatic nitrogens is 2. The van der Waals surface area contributed by atoms with E-state index >= 15 is 0 Å². The van der Waals surface area contributed by atoms with Gasteiger partial charge in [0.25, 0.3) is 5.88 Å². The van der Waals surface area contributed by atoms with Crippen LogP contribution < -0.4 is 10.1 Å². The molecule has 3 aromatic rings. The van der Waals surface area contributed by atoms with Crippen molar-refractivity contribution < 1.29 is 28.4 Å². The van der Waals surface area contributed by atoms with Crippen molar-refractivity contribution in [2.75, 3.05) is 26.2 Å². The molecule has 2 fully saturated rings. The van der Waals surface area contributed by atoms with Crippen LogP contribution in [0, 0.1) is 18.3 Å². The van der Waals surface area contributed by atoms with E-state index in [2.05, 4.69) is 34.5 Å². The molecule has 3 amide bonds. The van der Waals surface area contributed by atoms with Crippen LogP contribution >= 0.6 is 11.3 Å². The molecule has 0 saturated carbocycles. The molecule has 1 aromatic carbocycles. The van der Waals surface area contributed by atoms with Gasteiger partial charge in [0.05, 0.1) is 28.7 Å². The zero-order chi connectivity index (χ0) is 35.5. The SMILES string of the molecule is Cc1ncsc1-c1ccc(C(C)NC(=O)C2CCCN2C(=O)C(c2cc(OCC3(C)CCN(C(=O)OC(C)(C)C)CC3)no2)C(C)C)cc1. The van der Waals surface area contributed by atoms with Crippen molar-refractivity contribution in [3.8, 4) is 16.3 Å². The third-order valence-electron chi connectivity index (χ3n) is 9.55. The van der Waals surface area contributed by atoms with Crippen molar-refractivity contribution in [1.29, 1.82) is 0 Å². The second-order valence-electron chi connectivity index (χ2n) is 15.2. The van der Waals surface area contributed by atoms with E-state index in [1.807, 2.05) is 66.1 Å². The topological polar surface area (TPSA) is 127 Å². The van der Waals surface area contributed by atoms with Crippen molar-refractivity contribution in [2.24, 2.45) is 11.3 Å². The van der Waals surface area contributed by atoms with Crippen LogP contribution in [-0.2, 0) is 14.3 Å². The third-order valence-corrected chi connectivity index (χ3v) is 10.5. The second-order valence-corrected chi connectivity index (χ2v) is 16.0. The van der Waals surface area contributed by atoms with Gasteiger partial charge in [-0.1, -0.05) is 45.0 Å². The van der Waals surface area contributed by atoms with Crippen LogP contribution in [0.3, 0.4) is 0 Å². The van der Waals surface area contributed by atoms with Gasteiger partial charge in [0.1, 0.15) is 17.6 Å². The van der Waals surface area contributed by atoms with Crippen molar-refractivity contribution in [1.82, 2.24) is 25.3 Å². The number of hydrogen-bond acceptors (Lipinski definition) is 9. The highest BCUT2D eigenvalue weighted by atomic mass is 32.1. The number of rotatable bonds is 10. The van der Waals surface area contributed by atoms with Gasteiger partial charge in [-0.05, 0) is 82.5 Å². The van der Waals surface area contributed by atoms with E-state index in [0.29, 0.717) is 44.3 Å². The molecule has 2 aliphatic heterocycles. The number of hydrogen-bond donors (Lipinski definition) is 1. The van der Waals surface area contributed by atoms with Gasteiger partial charge >= 0.3 is 6.09 Å². The number of aryl methyl sites for hydroxylation is 1. The highest BCUT2D eigenvalue weighted by Gasteiger charge is 2.41. The van der Waals surface area contributed by atoms with E-state index in [-0.39, 0.29) is 35.3 Å². The fourth-order valence-corrected chi connectivity index (χ4v) is 7.36. The Hall–Kier alpha value is -3.93. The zero-order valence-corrected chi connectivity index (χ0v) is 30.9. The summed E-state index contributed by atoms with van der Waals surface area (Å²) < 4.78 is 17.3. The molecule has 0 bridgehead atoms. The minimum atomic E-state index is -0.605. The Balaban J connectivity index is 1.17. The number of carbonyl (C=O) groups is 3. The minimum absolute atomic E-state index is 0.0908. The number of nitrogens with zero attached hydrogens (tertiary/aromatic N) is 4. The molecule has 2 aromatic heterocycles. The molecule has 1 N–H and O–H groups in total. The maximum atomic E-state index is 14.0. The summed E-state index contributed by atoms with van der Waals surface area (Å²) in [5.74, 6) is -0.247. The molecule has 0 spiro atoms. The summed E-state index contributed by atoms with van der Waals surface area (Å²) in [6, 6.07) is 9.10. The summed E-state index contributed by atoms with van der Waals surface area (Å²) in [7, 11) is 0. The van der Waals surface area contributed by atoms with Gasteiger partial charge in [0.15, 0.2) is 5.76 Å². The summed E-state index contributed by atoms with van der Waals surface area (Å²) in [4.78, 5) is 49.0. The number of thiazole rings is 1. The first-order valence-electron chi connectivity index (χ1n) is 17.3. The van der Waals surface area contributed by atoms with Crippen LogP contribution in [0.25, 0.3) is 10.4 Å². The number of amides is 3. The highest BCUT2D eigenvalue weighted by Crippen LogP contribution is 2.35. The van der Waals surface area contributed by atoms with E-state index in [9.17, 15) is 14.4 Å². The molecule has 2 saturated heterocycles. The maximum absolute atomic E-state index is 14.0. The first-order chi connectivity index (χ1) is 23.1. The zero-order valence-electron chi connectivity index (χ0n) is 30.1. The number of carbonyl (C=O) groups excluding carboxylic acids is 3. The van der Waals surface area contributed by atoms with Crippen LogP contribution in [0.4, 0.5) is 4.79 Å². The standard InChI is InChI=1S/C37H51N5O6S/c1-23(2)31(29-20-30(40-48-29)46-21-37(8)15-18-41(19-16-37)35(45)47-36(5,6)7)34(44)42-17-9-10-28(42)33(43)39-24(3)26-11-13-27(14-12-26)32-25(4)38-22-49-32/h11-14,20,22-24,28,31H,9-10,15-19,21H2,1-8H3,(H,39,43). The van der Waals surface area contributed by atoms with Gasteiger partial charge in [-0.25, -0.2) is 9.78 Å². The van der Waals surface area contributed by atoms with E-state index in [1.54, 1.807) is 27.2 Å². The molecule has 0 aliphatic carbocycles. The molecule has 3 atom stereocenters. The lowest BCUT2D eigenvalue weighted by Crippen LogP contribution is -2.48. The molecular formula is C37H51N5O6S. The molecule has 12 heteroatoms. The molecule has 3 unspecified atom stereocenters. The number of ether oxygens (including phenoxy) is 2. The smallest absolute Gasteiger partial charge is 0.410 e. The fourth-order valence-electron chi connectivity index (χ4n) is 6.55. The maximum Gasteiger partial charge on any atom is 0.410 e. The fraction of sp³-hybridized carbons (Fsp3) is 0.595. The van der Waals surface area contributed by atoms with Crippen LogP contribution in [0.1, 0.15) is 103 Å². The summed E-state index contributed by atoms with van der Waals surface area (Å²) in [5, 5.41) is 7.29.